The molecule has 454 valence electrons. The van der Waals surface area contributed by atoms with Gasteiger partial charge in [0.25, 0.3) is 6.71 Å². The summed E-state index contributed by atoms with van der Waals surface area (Å²) in [6, 6.07) is 59.4. The van der Waals surface area contributed by atoms with Crippen molar-refractivity contribution in [2.75, 3.05) is 14.7 Å². The van der Waals surface area contributed by atoms with Crippen molar-refractivity contribution in [3.8, 4) is 11.1 Å². The highest BCUT2D eigenvalue weighted by Crippen LogP contribution is 2.57. The van der Waals surface area contributed by atoms with Crippen molar-refractivity contribution < 1.29 is 0 Å². The lowest BCUT2D eigenvalue weighted by Crippen LogP contribution is -2.61. The predicted molar refractivity (Wildman–Crippen MR) is 383 cm³/mol. The van der Waals surface area contributed by atoms with E-state index in [0.29, 0.717) is 0 Å². The fraction of sp³-hybridized carbons (Fsp3) is 0.429. The van der Waals surface area contributed by atoms with Gasteiger partial charge in [0.2, 0.25) is 0 Å². The maximum Gasteiger partial charge on any atom is 0.252 e. The minimum Gasteiger partial charge on any atom is -0.311 e. The van der Waals surface area contributed by atoms with Crippen molar-refractivity contribution in [1.29, 1.82) is 0 Å². The van der Waals surface area contributed by atoms with Crippen LogP contribution in [0.2, 0.25) is 0 Å². The van der Waals surface area contributed by atoms with Crippen LogP contribution in [0.3, 0.4) is 0 Å². The maximum absolute atomic E-state index is 2.75. The summed E-state index contributed by atoms with van der Waals surface area (Å²) in [6.07, 6.45) is 5.71. The SMILES string of the molecule is Cc1cc(C(C)(C)C)ccc1N1c2cc(C(C)(C)C)ccc2B2c3cc4c(cc3N(c3ccc(C(C)(C)C)cc3-c3ccccc3)c3cc(N(c5ccc6c(c5)C(C)(C)CCC6(C)C)c5ccc6c(c5)C(C)(C)CCC6(C)C)cc1c32)C(C)(C)CC4(C)C. The van der Waals surface area contributed by atoms with Gasteiger partial charge in [-0.15, -0.1) is 0 Å². The van der Waals surface area contributed by atoms with E-state index < -0.39 is 0 Å². The number of hydrogen-bond acceptors (Lipinski definition) is 3. The lowest BCUT2D eigenvalue weighted by Gasteiger charge is -2.47. The molecule has 0 saturated heterocycles. The summed E-state index contributed by atoms with van der Waals surface area (Å²) in [6.45, 7) is 53.3. The molecule has 2 aliphatic heterocycles. The average molecular weight is 1160 g/mol. The van der Waals surface area contributed by atoms with E-state index in [1.54, 1.807) is 0 Å². The van der Waals surface area contributed by atoms with Crippen LogP contribution in [0.15, 0.2) is 146 Å². The van der Waals surface area contributed by atoms with E-state index in [0.717, 1.165) is 24.9 Å². The van der Waals surface area contributed by atoms with E-state index in [1.165, 1.54) is 141 Å². The molecular formula is C84H100BN3. The first-order valence-corrected chi connectivity index (χ1v) is 33.4. The number of fused-ring (bicyclic) bond motifs is 7. The van der Waals surface area contributed by atoms with Crippen LogP contribution in [-0.2, 0) is 48.7 Å². The van der Waals surface area contributed by atoms with E-state index in [4.69, 9.17) is 0 Å². The second kappa shape index (κ2) is 19.6. The smallest absolute Gasteiger partial charge is 0.252 e. The molecule has 5 aliphatic rings. The first-order valence-electron chi connectivity index (χ1n) is 33.4. The van der Waals surface area contributed by atoms with Crippen molar-refractivity contribution in [3.05, 3.63) is 201 Å². The summed E-state index contributed by atoms with van der Waals surface area (Å²) < 4.78 is 0. The van der Waals surface area contributed by atoms with Crippen molar-refractivity contribution in [2.45, 2.75) is 233 Å². The second-order valence-electron chi connectivity index (χ2n) is 34.9. The molecule has 0 N–H and O–H groups in total. The van der Waals surface area contributed by atoms with E-state index >= 15 is 0 Å². The third kappa shape index (κ3) is 9.64. The molecule has 0 aromatic heterocycles. The average Bonchev–Trinajstić information content (AvgIpc) is 1.03. The van der Waals surface area contributed by atoms with Crippen LogP contribution < -0.4 is 31.1 Å². The third-order valence-corrected chi connectivity index (χ3v) is 22.3. The Kier molecular flexibility index (Phi) is 13.4. The van der Waals surface area contributed by atoms with E-state index in [1.807, 2.05) is 0 Å². The Morgan fingerprint density at radius 2 is 0.784 bits per heavy atom. The molecule has 0 amide bonds. The van der Waals surface area contributed by atoms with Crippen LogP contribution >= 0.6 is 0 Å². The molecule has 0 atom stereocenters. The number of hydrogen-bond donors (Lipinski definition) is 0. The van der Waals surface area contributed by atoms with Gasteiger partial charge in [-0.1, -0.05) is 224 Å². The molecule has 0 spiro atoms. The van der Waals surface area contributed by atoms with Crippen LogP contribution in [0.25, 0.3) is 11.1 Å². The highest BCUT2D eigenvalue weighted by molar-refractivity contribution is 7.00. The minimum atomic E-state index is -0.0930. The largest absolute Gasteiger partial charge is 0.311 e. The highest BCUT2D eigenvalue weighted by Gasteiger charge is 2.50. The van der Waals surface area contributed by atoms with Crippen LogP contribution in [0.4, 0.5) is 51.2 Å². The fourth-order valence-electron chi connectivity index (χ4n) is 16.9. The summed E-state index contributed by atoms with van der Waals surface area (Å²) in [4.78, 5) is 8.14. The molecule has 8 aromatic rings. The minimum absolute atomic E-state index is 0.00164. The molecule has 0 saturated carbocycles. The topological polar surface area (TPSA) is 9.72 Å². The first-order chi connectivity index (χ1) is 40.9. The van der Waals surface area contributed by atoms with E-state index in [9.17, 15) is 0 Å². The van der Waals surface area contributed by atoms with Gasteiger partial charge in [0.15, 0.2) is 0 Å². The molecule has 3 nitrogen and oxygen atoms in total. The van der Waals surface area contributed by atoms with Gasteiger partial charge in [-0.2, -0.15) is 0 Å². The summed E-state index contributed by atoms with van der Waals surface area (Å²) in [5.41, 5.74) is 31.5. The lowest BCUT2D eigenvalue weighted by molar-refractivity contribution is 0.332. The fourth-order valence-corrected chi connectivity index (χ4v) is 16.9. The standard InChI is InChI=1S/C84H100BN3/c1-52-42-54(76(2,3)4)29-36-69(52)87-71-44-56(78(8,9)10)28-35-67(71)85-68-49-65-66(84(21,22)51-83(65,19)20)50-72(68)88(70-37-30-55(77(5,6)7)43-60(70)53-26-24-23-25-27-53)74-48-59(47-73(87)75(74)85)86(57-31-33-61-63(45-57)81(15,16)40-38-79(61,11)12)58-32-34-62-64(46-58)82(17,18)41-39-80(62,13)14/h23-37,42-50H,38-41,51H2,1-22H3. The summed E-state index contributed by atoms with van der Waals surface area (Å²) in [5.74, 6) is 0. The second-order valence-corrected chi connectivity index (χ2v) is 34.9. The summed E-state index contributed by atoms with van der Waals surface area (Å²) >= 11 is 0. The third-order valence-electron chi connectivity index (χ3n) is 22.3. The number of nitrogens with zero attached hydrogens (tertiary/aromatic N) is 3. The zero-order valence-electron chi connectivity index (χ0n) is 57.8. The van der Waals surface area contributed by atoms with Crippen LogP contribution in [0.5, 0.6) is 0 Å². The molecule has 0 bridgehead atoms. The van der Waals surface area contributed by atoms with Gasteiger partial charge in [0.05, 0.1) is 11.4 Å². The van der Waals surface area contributed by atoms with Crippen LogP contribution in [0.1, 0.15) is 233 Å². The van der Waals surface area contributed by atoms with Gasteiger partial charge in [0.1, 0.15) is 0 Å². The zero-order valence-corrected chi connectivity index (χ0v) is 57.8. The van der Waals surface area contributed by atoms with Gasteiger partial charge < -0.3 is 14.7 Å². The molecule has 8 aromatic carbocycles. The Morgan fingerprint density at radius 1 is 0.352 bits per heavy atom. The quantitative estimate of drug-likeness (QED) is 0.154. The van der Waals surface area contributed by atoms with E-state index in [-0.39, 0.29) is 55.4 Å². The molecular weight excluding hydrogens is 1060 g/mol. The molecule has 4 heteroatoms. The Labute approximate surface area is 531 Å². The zero-order chi connectivity index (χ0) is 63.2. The Hall–Kier alpha value is -6.78. The molecule has 2 heterocycles. The molecule has 0 unspecified atom stereocenters. The summed E-state index contributed by atoms with van der Waals surface area (Å²) in [7, 11) is 0. The van der Waals surface area contributed by atoms with Gasteiger partial charge in [-0.3, -0.25) is 0 Å². The van der Waals surface area contributed by atoms with Crippen LogP contribution in [-0.4, -0.2) is 6.71 Å². The predicted octanol–water partition coefficient (Wildman–Crippen LogP) is 21.8. The van der Waals surface area contributed by atoms with Crippen molar-refractivity contribution in [2.24, 2.45) is 0 Å². The van der Waals surface area contributed by atoms with Gasteiger partial charge in [0, 0.05) is 45.4 Å². The Morgan fingerprint density at radius 3 is 1.30 bits per heavy atom. The number of anilines is 9. The summed E-state index contributed by atoms with van der Waals surface area (Å²) in [5, 5.41) is 0. The van der Waals surface area contributed by atoms with Gasteiger partial charge in [-0.05, 0) is 232 Å². The molecule has 0 fully saturated rings. The van der Waals surface area contributed by atoms with E-state index in [2.05, 4.69) is 313 Å². The Bertz CT molecular complexity index is 4080. The van der Waals surface area contributed by atoms with Crippen molar-refractivity contribution in [3.63, 3.8) is 0 Å². The number of rotatable bonds is 6. The maximum atomic E-state index is 2.75. The van der Waals surface area contributed by atoms with Crippen LogP contribution in [0, 0.1) is 6.92 Å². The molecule has 88 heavy (non-hydrogen) atoms. The normalized spacial score (nSPS) is 18.8. The molecule has 0 radical (unpaired) electrons. The lowest BCUT2D eigenvalue weighted by atomic mass is 9.33. The first kappa shape index (κ1) is 60.2. The molecule has 13 rings (SSSR count). The highest BCUT2D eigenvalue weighted by atomic mass is 15.2. The Balaban J connectivity index is 1.22. The van der Waals surface area contributed by atoms with Crippen molar-refractivity contribution in [1.82, 2.24) is 0 Å². The molecule has 3 aliphatic carbocycles. The van der Waals surface area contributed by atoms with Gasteiger partial charge >= 0.3 is 0 Å². The number of benzene rings is 8. The monoisotopic (exact) mass is 1160 g/mol. The van der Waals surface area contributed by atoms with Crippen molar-refractivity contribution >= 4 is 74.3 Å². The van der Waals surface area contributed by atoms with Gasteiger partial charge in [-0.25, -0.2) is 0 Å². The number of aryl methyl sites for hydroxylation is 1.